The first kappa shape index (κ1) is 20.2. The maximum atomic E-state index is 13.2. The third-order valence-corrected chi connectivity index (χ3v) is 5.67. The van der Waals surface area contributed by atoms with Gasteiger partial charge in [-0.15, -0.1) is 0 Å². The van der Waals surface area contributed by atoms with Gasteiger partial charge >= 0.3 is 0 Å². The number of phenols is 1. The van der Waals surface area contributed by atoms with Crippen LogP contribution in [-0.4, -0.2) is 37.8 Å². The molecule has 0 saturated heterocycles. The number of aromatic nitrogens is 4. The quantitative estimate of drug-likeness (QED) is 0.484. The van der Waals surface area contributed by atoms with E-state index in [0.29, 0.717) is 48.3 Å². The second-order valence-corrected chi connectivity index (χ2v) is 8.66. The van der Waals surface area contributed by atoms with Crippen LogP contribution in [0.25, 0.3) is 22.3 Å². The molecular formula is C24H24FN5O2. The summed E-state index contributed by atoms with van der Waals surface area (Å²) in [5.41, 5.74) is 3.71. The number of hydrogen-bond acceptors (Lipinski definition) is 6. The number of phenolic OH excluding ortho intramolecular Hbond substituents is 1. The normalized spacial score (nSPS) is 14.4. The van der Waals surface area contributed by atoms with Crippen molar-refractivity contribution in [1.29, 1.82) is 0 Å². The summed E-state index contributed by atoms with van der Waals surface area (Å²) in [7, 11) is 0. The van der Waals surface area contributed by atoms with Crippen LogP contribution in [0.2, 0.25) is 0 Å². The molecular weight excluding hydrogens is 409 g/mol. The van der Waals surface area contributed by atoms with Crippen molar-refractivity contribution in [2.24, 2.45) is 0 Å². The number of aromatic hydroxyl groups is 1. The number of rotatable bonds is 5. The van der Waals surface area contributed by atoms with Crippen LogP contribution in [0.1, 0.15) is 25.2 Å². The molecule has 1 aliphatic heterocycles. The van der Waals surface area contributed by atoms with Crippen LogP contribution in [0.3, 0.4) is 0 Å². The molecule has 5 rings (SSSR count). The van der Waals surface area contributed by atoms with E-state index in [1.54, 1.807) is 18.2 Å². The van der Waals surface area contributed by atoms with Gasteiger partial charge in [0.1, 0.15) is 24.0 Å². The van der Waals surface area contributed by atoms with Crippen molar-refractivity contribution in [3.05, 3.63) is 59.7 Å². The molecule has 0 amide bonds. The Labute approximate surface area is 184 Å². The molecule has 1 aliphatic rings. The molecule has 2 aromatic carbocycles. The van der Waals surface area contributed by atoms with Gasteiger partial charge in [0.05, 0.1) is 5.54 Å². The van der Waals surface area contributed by atoms with Crippen LogP contribution in [0, 0.1) is 12.7 Å². The third kappa shape index (κ3) is 3.51. The van der Waals surface area contributed by atoms with Gasteiger partial charge in [0, 0.05) is 12.1 Å². The molecule has 0 unspecified atom stereocenters. The second kappa shape index (κ2) is 7.47. The number of hydrogen-bond donors (Lipinski definition) is 2. The van der Waals surface area contributed by atoms with Crippen LogP contribution >= 0.6 is 0 Å². The van der Waals surface area contributed by atoms with Gasteiger partial charge in [-0.1, -0.05) is 18.2 Å². The molecule has 0 fully saturated rings. The highest BCUT2D eigenvalue weighted by Gasteiger charge is 2.35. The maximum absolute atomic E-state index is 13.2. The molecule has 2 aromatic heterocycles. The van der Waals surface area contributed by atoms with Crippen molar-refractivity contribution in [2.45, 2.75) is 32.7 Å². The topological polar surface area (TPSA) is 85.1 Å². The smallest absolute Gasteiger partial charge is 0.299 e. The summed E-state index contributed by atoms with van der Waals surface area (Å²) in [6.07, 6.45) is 0.703. The molecule has 8 heteroatoms. The van der Waals surface area contributed by atoms with Crippen LogP contribution in [0.4, 0.5) is 10.2 Å². The Bertz CT molecular complexity index is 1310. The van der Waals surface area contributed by atoms with Crippen LogP contribution in [-0.2, 0) is 12.0 Å². The molecule has 0 aliphatic carbocycles. The van der Waals surface area contributed by atoms with E-state index < -0.39 is 0 Å². The maximum Gasteiger partial charge on any atom is 0.299 e. The first-order chi connectivity index (χ1) is 15.3. The van der Waals surface area contributed by atoms with Gasteiger partial charge in [0.2, 0.25) is 0 Å². The van der Waals surface area contributed by atoms with Crippen molar-refractivity contribution in [3.8, 4) is 22.9 Å². The molecule has 0 atom stereocenters. The zero-order valence-electron chi connectivity index (χ0n) is 18.2. The molecule has 2 N–H and O–H groups in total. The Morgan fingerprint density at radius 1 is 1.12 bits per heavy atom. The lowest BCUT2D eigenvalue weighted by atomic mass is 10.0. The minimum absolute atomic E-state index is 0.164. The standard InChI is InChI=1S/C24H24FN5O2/c1-14-27-21(20-22(28-14)30-23(29-20)32-13-24(30,2)3)26-11-10-15-4-9-19(31)18(12-15)16-5-7-17(25)8-6-16/h4-9,12,31H,10-11,13H2,1-3H3,(H,26,27,28). The molecule has 0 bridgehead atoms. The molecule has 164 valence electrons. The number of ether oxygens (including phenoxy) is 1. The van der Waals surface area contributed by atoms with Crippen molar-refractivity contribution in [1.82, 2.24) is 19.5 Å². The molecule has 7 nitrogen and oxygen atoms in total. The lowest BCUT2D eigenvalue weighted by Gasteiger charge is -2.18. The zero-order valence-corrected chi connectivity index (χ0v) is 18.2. The fraction of sp³-hybridized carbons (Fsp3) is 0.292. The predicted octanol–water partition coefficient (Wildman–Crippen LogP) is 4.43. The summed E-state index contributed by atoms with van der Waals surface area (Å²) >= 11 is 0. The Balaban J connectivity index is 1.37. The first-order valence-electron chi connectivity index (χ1n) is 10.5. The Kier molecular flexibility index (Phi) is 4.73. The number of nitrogens with zero attached hydrogens (tertiary/aromatic N) is 4. The summed E-state index contributed by atoms with van der Waals surface area (Å²) in [4.78, 5) is 13.8. The Hall–Kier alpha value is -3.68. The van der Waals surface area contributed by atoms with Gasteiger partial charge in [0.25, 0.3) is 6.01 Å². The van der Waals surface area contributed by atoms with Crippen LogP contribution in [0.15, 0.2) is 42.5 Å². The predicted molar refractivity (Wildman–Crippen MR) is 121 cm³/mol. The average molecular weight is 433 g/mol. The van der Waals surface area contributed by atoms with Crippen LogP contribution in [0.5, 0.6) is 11.8 Å². The van der Waals surface area contributed by atoms with Gasteiger partial charge < -0.3 is 15.2 Å². The number of anilines is 1. The van der Waals surface area contributed by atoms with E-state index in [9.17, 15) is 9.50 Å². The highest BCUT2D eigenvalue weighted by Crippen LogP contribution is 2.36. The van der Waals surface area contributed by atoms with Gasteiger partial charge in [-0.2, -0.15) is 4.98 Å². The summed E-state index contributed by atoms with van der Waals surface area (Å²) in [5, 5.41) is 13.6. The Morgan fingerprint density at radius 3 is 2.69 bits per heavy atom. The van der Waals surface area contributed by atoms with E-state index in [1.807, 2.05) is 23.6 Å². The summed E-state index contributed by atoms with van der Waals surface area (Å²) in [6, 6.07) is 12.1. The largest absolute Gasteiger partial charge is 0.507 e. The SMILES string of the molecule is Cc1nc(NCCc2ccc(O)c(-c3ccc(F)cc3)c2)c2nc3n(c2n1)C(C)(C)CO3. The van der Waals surface area contributed by atoms with E-state index >= 15 is 0 Å². The molecule has 0 radical (unpaired) electrons. The number of imidazole rings is 1. The molecule has 3 heterocycles. The average Bonchev–Trinajstić information content (AvgIpc) is 3.27. The molecule has 32 heavy (non-hydrogen) atoms. The van der Waals surface area contributed by atoms with Crippen molar-refractivity contribution in [2.75, 3.05) is 18.5 Å². The summed E-state index contributed by atoms with van der Waals surface area (Å²) < 4.78 is 21.0. The minimum atomic E-state index is -0.306. The lowest BCUT2D eigenvalue weighted by Crippen LogP contribution is -2.26. The number of nitrogens with one attached hydrogen (secondary N) is 1. The van der Waals surface area contributed by atoms with Gasteiger partial charge in [-0.3, -0.25) is 4.57 Å². The van der Waals surface area contributed by atoms with E-state index in [0.717, 1.165) is 16.8 Å². The van der Waals surface area contributed by atoms with Crippen molar-refractivity contribution in [3.63, 3.8) is 0 Å². The van der Waals surface area contributed by atoms with Crippen LogP contribution < -0.4 is 10.1 Å². The Morgan fingerprint density at radius 2 is 1.91 bits per heavy atom. The highest BCUT2D eigenvalue weighted by atomic mass is 19.1. The van der Waals surface area contributed by atoms with E-state index in [4.69, 9.17) is 4.74 Å². The summed E-state index contributed by atoms with van der Waals surface area (Å²) in [6.45, 7) is 7.24. The lowest BCUT2D eigenvalue weighted by molar-refractivity contribution is 0.268. The molecule has 4 aromatic rings. The molecule has 0 saturated carbocycles. The van der Waals surface area contributed by atoms with E-state index in [-0.39, 0.29) is 17.1 Å². The highest BCUT2D eigenvalue weighted by molar-refractivity contribution is 5.84. The minimum Gasteiger partial charge on any atom is -0.507 e. The van der Waals surface area contributed by atoms with Crippen molar-refractivity contribution < 1.29 is 14.2 Å². The number of benzene rings is 2. The first-order valence-corrected chi connectivity index (χ1v) is 10.5. The monoisotopic (exact) mass is 433 g/mol. The number of aryl methyl sites for hydroxylation is 1. The van der Waals surface area contributed by atoms with Gasteiger partial charge in [-0.05, 0) is 62.6 Å². The van der Waals surface area contributed by atoms with Gasteiger partial charge in [-0.25, -0.2) is 14.4 Å². The third-order valence-electron chi connectivity index (χ3n) is 5.67. The fourth-order valence-corrected chi connectivity index (χ4v) is 4.04. The molecule has 0 spiro atoms. The summed E-state index contributed by atoms with van der Waals surface area (Å²) in [5.74, 6) is 1.19. The van der Waals surface area contributed by atoms with E-state index in [2.05, 4.69) is 34.1 Å². The van der Waals surface area contributed by atoms with Crippen molar-refractivity contribution >= 4 is 17.0 Å². The zero-order chi connectivity index (χ0) is 22.5. The number of fused-ring (bicyclic) bond motifs is 3. The van der Waals surface area contributed by atoms with Gasteiger partial charge in [0.15, 0.2) is 17.0 Å². The fourth-order valence-electron chi connectivity index (χ4n) is 4.04. The van der Waals surface area contributed by atoms with E-state index in [1.165, 1.54) is 12.1 Å². The second-order valence-electron chi connectivity index (χ2n) is 8.66. The number of halogens is 1.